The second-order valence-electron chi connectivity index (χ2n) is 8.68. The lowest BCUT2D eigenvalue weighted by molar-refractivity contribution is 0.385. The minimum atomic E-state index is -4.11. The smallest absolute Gasteiger partial charge is 0.303 e. The Morgan fingerprint density at radius 3 is 2.56 bits per heavy atom. The van der Waals surface area contributed by atoms with Crippen LogP contribution in [0.4, 0.5) is 19.0 Å². The van der Waals surface area contributed by atoms with E-state index in [9.17, 15) is 22.0 Å². The van der Waals surface area contributed by atoms with Crippen LogP contribution in [0.1, 0.15) is 11.3 Å². The summed E-state index contributed by atoms with van der Waals surface area (Å²) in [7, 11) is -2.76. The maximum atomic E-state index is 15.4. The van der Waals surface area contributed by atoms with E-state index < -0.39 is 33.4 Å². The molecule has 5 rings (SSSR count). The van der Waals surface area contributed by atoms with Crippen molar-refractivity contribution in [3.8, 4) is 22.6 Å². The molecular weight excluding hydrogens is 557 g/mol. The predicted molar refractivity (Wildman–Crippen MR) is 140 cm³/mol. The topological polar surface area (TPSA) is 93.5 Å². The molecular formula is C26H20ClF3N4O4S. The molecule has 2 aromatic carbocycles. The van der Waals surface area contributed by atoms with E-state index in [-0.39, 0.29) is 52.9 Å². The van der Waals surface area contributed by atoms with Crippen LogP contribution in [0.3, 0.4) is 0 Å². The van der Waals surface area contributed by atoms with Crippen molar-refractivity contribution in [3.05, 3.63) is 105 Å². The third-order valence-corrected chi connectivity index (χ3v) is 7.88. The summed E-state index contributed by atoms with van der Waals surface area (Å²) in [4.78, 5) is 16.5. The number of halogens is 4. The van der Waals surface area contributed by atoms with E-state index in [1.54, 1.807) is 0 Å². The summed E-state index contributed by atoms with van der Waals surface area (Å²) in [5.74, 6) is -2.27. The fraction of sp³-hybridized carbons (Fsp3) is 0.154. The van der Waals surface area contributed by atoms with Gasteiger partial charge in [0.1, 0.15) is 23.2 Å². The molecule has 1 N–H and O–H groups in total. The highest BCUT2D eigenvalue weighted by molar-refractivity contribution is 7.90. The number of hydrogen-bond acceptors (Lipinski definition) is 5. The summed E-state index contributed by atoms with van der Waals surface area (Å²) in [6, 6.07) is 12.6. The lowest BCUT2D eigenvalue weighted by atomic mass is 10.0. The van der Waals surface area contributed by atoms with E-state index in [1.165, 1.54) is 48.1 Å². The molecule has 13 heteroatoms. The Bertz CT molecular complexity index is 1740. The molecule has 0 aliphatic carbocycles. The van der Waals surface area contributed by atoms with Crippen LogP contribution in [-0.4, -0.2) is 35.9 Å². The summed E-state index contributed by atoms with van der Waals surface area (Å²) in [5.41, 5.74) is 0.793. The molecule has 0 saturated carbocycles. The predicted octanol–water partition coefficient (Wildman–Crippen LogP) is 4.69. The molecule has 8 nitrogen and oxygen atoms in total. The third-order valence-electron chi connectivity index (χ3n) is 6.20. The van der Waals surface area contributed by atoms with Gasteiger partial charge in [-0.1, -0.05) is 23.7 Å². The first-order valence-corrected chi connectivity index (χ1v) is 13.4. The first-order chi connectivity index (χ1) is 18.6. The second-order valence-corrected chi connectivity index (χ2v) is 10.8. The zero-order chi connectivity index (χ0) is 27.9. The largest absolute Gasteiger partial charge is 0.495 e. The van der Waals surface area contributed by atoms with Gasteiger partial charge in [0.2, 0.25) is 5.95 Å². The van der Waals surface area contributed by atoms with E-state index >= 15 is 4.39 Å². The molecule has 0 unspecified atom stereocenters. The van der Waals surface area contributed by atoms with Gasteiger partial charge in [0.25, 0.3) is 5.56 Å². The lowest BCUT2D eigenvalue weighted by Gasteiger charge is -2.30. The summed E-state index contributed by atoms with van der Waals surface area (Å²) >= 11 is 5.94. The molecule has 0 saturated heterocycles. The highest BCUT2D eigenvalue weighted by Crippen LogP contribution is 2.35. The van der Waals surface area contributed by atoms with Crippen molar-refractivity contribution in [1.82, 2.24) is 13.9 Å². The number of rotatable bonds is 6. The van der Waals surface area contributed by atoms with Crippen LogP contribution >= 0.6 is 11.6 Å². The number of methoxy groups -OCH3 is 1. The minimum absolute atomic E-state index is 0.0177. The number of nitrogens with zero attached hydrogens (tertiary/aromatic N) is 3. The van der Waals surface area contributed by atoms with Gasteiger partial charge in [0.15, 0.2) is 0 Å². The molecule has 1 aliphatic heterocycles. The highest BCUT2D eigenvalue weighted by atomic mass is 35.5. The summed E-state index contributed by atoms with van der Waals surface area (Å²) in [5, 5.41) is 0.0861. The average Bonchev–Trinajstić information content (AvgIpc) is 2.87. The molecule has 4 aromatic rings. The zero-order valence-electron chi connectivity index (χ0n) is 20.3. The lowest BCUT2D eigenvalue weighted by Crippen LogP contribution is -2.41. The van der Waals surface area contributed by atoms with E-state index in [2.05, 4.69) is 9.71 Å². The highest BCUT2D eigenvalue weighted by Gasteiger charge is 2.30. The van der Waals surface area contributed by atoms with E-state index in [4.69, 9.17) is 16.3 Å². The fourth-order valence-corrected chi connectivity index (χ4v) is 5.85. The maximum absolute atomic E-state index is 15.4. The van der Waals surface area contributed by atoms with Gasteiger partial charge in [0.05, 0.1) is 12.8 Å². The van der Waals surface area contributed by atoms with E-state index in [0.717, 1.165) is 28.6 Å². The van der Waals surface area contributed by atoms with Crippen molar-refractivity contribution >= 4 is 27.6 Å². The molecule has 3 heterocycles. The molecule has 202 valence electrons. The Labute approximate surface area is 226 Å². The second kappa shape index (κ2) is 10.4. The van der Waals surface area contributed by atoms with Crippen LogP contribution in [0.15, 0.2) is 65.5 Å². The Morgan fingerprint density at radius 2 is 1.85 bits per heavy atom. The summed E-state index contributed by atoms with van der Waals surface area (Å²) in [6.07, 6.45) is 0.106. The number of fused-ring (bicyclic) bond motifs is 1. The molecule has 0 fully saturated rings. The van der Waals surface area contributed by atoms with Gasteiger partial charge in [-0.15, -0.1) is 0 Å². The van der Waals surface area contributed by atoms with Crippen LogP contribution in [0.5, 0.6) is 5.75 Å². The Hall–Kier alpha value is -3.87. The number of benzene rings is 2. The Kier molecular flexibility index (Phi) is 7.10. The minimum Gasteiger partial charge on any atom is -0.495 e. The number of pyridine rings is 2. The van der Waals surface area contributed by atoms with Crippen LogP contribution in [0.25, 0.3) is 16.8 Å². The van der Waals surface area contributed by atoms with Crippen LogP contribution < -0.4 is 15.0 Å². The summed E-state index contributed by atoms with van der Waals surface area (Å²) in [6.45, 7) is -0.128. The van der Waals surface area contributed by atoms with Crippen LogP contribution in [-0.2, 0) is 23.2 Å². The van der Waals surface area contributed by atoms with Crippen molar-refractivity contribution in [2.24, 2.45) is 0 Å². The SMILES string of the molecule is COc1cc(-c2cc(F)cc(Cl)c2)c(F)cc1-n1c2c(ccc1=O)CN(S(=O)(=O)Nc1cccc(F)n1)CC2. The molecule has 0 bridgehead atoms. The monoisotopic (exact) mass is 576 g/mol. The molecule has 2 aromatic heterocycles. The standard InChI is InChI=1S/C26H20ClF3N4O4S/c1-38-23-12-19(16-9-17(27)11-18(28)10-16)20(29)13-22(23)34-21-7-8-33(14-15(21)5-6-26(34)35)39(36,37)32-25-4-2-3-24(30)31-25/h2-6,9-13H,7-8,14H2,1H3,(H,31,32). The summed E-state index contributed by atoms with van der Waals surface area (Å²) < 4.78 is 78.7. The van der Waals surface area contributed by atoms with Crippen molar-refractivity contribution in [2.75, 3.05) is 18.4 Å². The first kappa shape index (κ1) is 26.7. The van der Waals surface area contributed by atoms with Crippen molar-refractivity contribution in [2.45, 2.75) is 13.0 Å². The number of ether oxygens (including phenoxy) is 1. The maximum Gasteiger partial charge on any atom is 0.303 e. The van der Waals surface area contributed by atoms with Gasteiger partial charge in [-0.05, 0) is 47.5 Å². The fourth-order valence-electron chi connectivity index (χ4n) is 4.48. The number of nitrogens with one attached hydrogen (secondary N) is 1. The Morgan fingerprint density at radius 1 is 1.05 bits per heavy atom. The normalized spacial score (nSPS) is 13.7. The third kappa shape index (κ3) is 5.35. The molecule has 0 spiro atoms. The first-order valence-electron chi connectivity index (χ1n) is 11.5. The van der Waals surface area contributed by atoms with Crippen LogP contribution in [0.2, 0.25) is 5.02 Å². The van der Waals surface area contributed by atoms with Crippen molar-refractivity contribution in [1.29, 1.82) is 0 Å². The van der Waals surface area contributed by atoms with Crippen LogP contribution in [0, 0.1) is 17.6 Å². The molecule has 0 amide bonds. The number of anilines is 1. The molecule has 0 atom stereocenters. The quantitative estimate of drug-likeness (QED) is 0.336. The van der Waals surface area contributed by atoms with E-state index in [1.807, 2.05) is 0 Å². The Balaban J connectivity index is 1.53. The van der Waals surface area contributed by atoms with Crippen molar-refractivity contribution < 1.29 is 26.3 Å². The van der Waals surface area contributed by atoms with Gasteiger partial charge in [-0.25, -0.2) is 13.8 Å². The van der Waals surface area contributed by atoms with Gasteiger partial charge in [-0.2, -0.15) is 17.1 Å². The van der Waals surface area contributed by atoms with E-state index in [0.29, 0.717) is 11.3 Å². The zero-order valence-corrected chi connectivity index (χ0v) is 21.9. The molecule has 1 aliphatic rings. The van der Waals surface area contributed by atoms with Crippen molar-refractivity contribution in [3.63, 3.8) is 0 Å². The van der Waals surface area contributed by atoms with Gasteiger partial charge < -0.3 is 4.74 Å². The molecule has 39 heavy (non-hydrogen) atoms. The molecule has 0 radical (unpaired) electrons. The number of hydrogen-bond donors (Lipinski definition) is 1. The van der Waals surface area contributed by atoms with Gasteiger partial charge >= 0.3 is 10.2 Å². The average molecular weight is 577 g/mol. The van der Waals surface area contributed by atoms with Gasteiger partial charge in [-0.3, -0.25) is 14.1 Å². The number of aromatic nitrogens is 2. The van der Waals surface area contributed by atoms with Gasteiger partial charge in [0, 0.05) is 47.9 Å².